The molecule has 0 aliphatic rings. The first-order chi connectivity index (χ1) is 12.3. The second-order valence-electron chi connectivity index (χ2n) is 5.62. The van der Waals surface area contributed by atoms with Crippen molar-refractivity contribution in [1.29, 1.82) is 0 Å². The van der Waals surface area contributed by atoms with E-state index in [0.717, 1.165) is 15.6 Å². The van der Waals surface area contributed by atoms with E-state index in [0.29, 0.717) is 17.9 Å². The lowest BCUT2D eigenvalue weighted by Gasteiger charge is -2.12. The number of halogens is 1. The van der Waals surface area contributed by atoms with Crippen LogP contribution >= 0.6 is 15.9 Å². The van der Waals surface area contributed by atoms with Gasteiger partial charge in [0.05, 0.1) is 19.1 Å². The molecule has 0 aromatic heterocycles. The number of ether oxygens (including phenoxy) is 2. The number of methoxy groups -OCH3 is 2. The Morgan fingerprint density at radius 2 is 1.85 bits per heavy atom. The third-order valence-corrected chi connectivity index (χ3v) is 4.54. The Morgan fingerprint density at radius 1 is 1.19 bits per heavy atom. The molecule has 26 heavy (non-hydrogen) atoms. The van der Waals surface area contributed by atoms with Crippen molar-refractivity contribution in [3.8, 4) is 11.5 Å². The van der Waals surface area contributed by atoms with E-state index >= 15 is 0 Å². The largest absolute Gasteiger partial charge is 0.493 e. The molecule has 138 valence electrons. The van der Waals surface area contributed by atoms with Gasteiger partial charge in [0.25, 0.3) is 5.69 Å². The number of nitro benzene ring substituents is 1. The standard InChI is InChI=1S/C18H19BrN2O5/c1-11-4-6-14(15(8-11)21(23)24)20-18(22)7-5-12-9-16(25-2)17(26-3)10-13(12)19/h4,6,8-10H,5,7H2,1-3H3,(H,20,22). The molecule has 2 rings (SSSR count). The molecule has 0 atom stereocenters. The van der Waals surface area contributed by atoms with Gasteiger partial charge < -0.3 is 14.8 Å². The van der Waals surface area contributed by atoms with Crippen LogP contribution in [0.15, 0.2) is 34.8 Å². The van der Waals surface area contributed by atoms with Crippen LogP contribution in [0.5, 0.6) is 11.5 Å². The molecule has 7 nitrogen and oxygen atoms in total. The molecular weight excluding hydrogens is 404 g/mol. The van der Waals surface area contributed by atoms with Gasteiger partial charge in [-0.1, -0.05) is 22.0 Å². The van der Waals surface area contributed by atoms with Gasteiger partial charge in [0.1, 0.15) is 5.69 Å². The normalized spacial score (nSPS) is 10.3. The van der Waals surface area contributed by atoms with Crippen LogP contribution in [0, 0.1) is 17.0 Å². The van der Waals surface area contributed by atoms with Crippen LogP contribution in [0.4, 0.5) is 11.4 Å². The van der Waals surface area contributed by atoms with Crippen molar-refractivity contribution < 1.29 is 19.2 Å². The van der Waals surface area contributed by atoms with E-state index in [4.69, 9.17) is 9.47 Å². The molecule has 0 heterocycles. The van der Waals surface area contributed by atoms with Gasteiger partial charge in [-0.05, 0) is 42.7 Å². The first-order valence-electron chi connectivity index (χ1n) is 7.81. The first kappa shape index (κ1) is 19.7. The number of carbonyl (C=O) groups excluding carboxylic acids is 1. The molecule has 0 radical (unpaired) electrons. The minimum Gasteiger partial charge on any atom is -0.493 e. The molecule has 0 spiro atoms. The van der Waals surface area contributed by atoms with Crippen LogP contribution in [0.3, 0.4) is 0 Å². The molecule has 0 aliphatic carbocycles. The van der Waals surface area contributed by atoms with Crippen molar-refractivity contribution in [2.24, 2.45) is 0 Å². The highest BCUT2D eigenvalue weighted by Gasteiger charge is 2.17. The number of nitrogens with one attached hydrogen (secondary N) is 1. The fourth-order valence-electron chi connectivity index (χ4n) is 2.45. The first-order valence-corrected chi connectivity index (χ1v) is 8.60. The molecule has 0 saturated heterocycles. The fraction of sp³-hybridized carbons (Fsp3) is 0.278. The third-order valence-electron chi connectivity index (χ3n) is 3.80. The maximum Gasteiger partial charge on any atom is 0.293 e. The summed E-state index contributed by atoms with van der Waals surface area (Å²) in [5.74, 6) is 0.849. The topological polar surface area (TPSA) is 90.7 Å². The highest BCUT2D eigenvalue weighted by atomic mass is 79.9. The van der Waals surface area contributed by atoms with Gasteiger partial charge in [-0.15, -0.1) is 0 Å². The Kier molecular flexibility index (Phi) is 6.57. The zero-order valence-corrected chi connectivity index (χ0v) is 16.3. The van der Waals surface area contributed by atoms with Gasteiger partial charge in [-0.2, -0.15) is 0 Å². The Balaban J connectivity index is 2.09. The highest BCUT2D eigenvalue weighted by Crippen LogP contribution is 2.34. The Hall–Kier alpha value is -2.61. The predicted molar refractivity (Wildman–Crippen MR) is 102 cm³/mol. The van der Waals surface area contributed by atoms with E-state index in [1.807, 2.05) is 0 Å². The van der Waals surface area contributed by atoms with E-state index in [-0.39, 0.29) is 23.7 Å². The molecule has 2 aromatic carbocycles. The molecule has 8 heteroatoms. The van der Waals surface area contributed by atoms with Crippen LogP contribution in [0.2, 0.25) is 0 Å². The summed E-state index contributed by atoms with van der Waals surface area (Å²) in [6.07, 6.45) is 0.603. The molecule has 0 saturated carbocycles. The summed E-state index contributed by atoms with van der Waals surface area (Å²) in [5, 5.41) is 13.7. The minimum atomic E-state index is -0.506. The van der Waals surface area contributed by atoms with Gasteiger partial charge in [0, 0.05) is 17.0 Å². The molecule has 0 unspecified atom stereocenters. The molecule has 0 fully saturated rings. The van der Waals surface area contributed by atoms with Gasteiger partial charge in [-0.25, -0.2) is 0 Å². The summed E-state index contributed by atoms with van der Waals surface area (Å²) in [6.45, 7) is 1.76. The quantitative estimate of drug-likeness (QED) is 0.531. The third kappa shape index (κ3) is 4.72. The smallest absolute Gasteiger partial charge is 0.293 e. The molecule has 1 N–H and O–H groups in total. The number of hydrogen-bond donors (Lipinski definition) is 1. The maximum absolute atomic E-state index is 12.2. The van der Waals surface area contributed by atoms with Crippen LogP contribution < -0.4 is 14.8 Å². The Bertz CT molecular complexity index is 839. The molecule has 1 amide bonds. The summed E-state index contributed by atoms with van der Waals surface area (Å²) in [7, 11) is 3.09. The molecule has 2 aromatic rings. The average Bonchev–Trinajstić information content (AvgIpc) is 2.61. The number of benzene rings is 2. The van der Waals surface area contributed by atoms with Gasteiger partial charge in [0.2, 0.25) is 5.91 Å². The number of hydrogen-bond acceptors (Lipinski definition) is 5. The average molecular weight is 423 g/mol. The van der Waals surface area contributed by atoms with Crippen molar-refractivity contribution in [3.05, 3.63) is 56.0 Å². The van der Waals surface area contributed by atoms with Crippen LogP contribution in [-0.2, 0) is 11.2 Å². The van der Waals surface area contributed by atoms with Crippen LogP contribution in [0.25, 0.3) is 0 Å². The zero-order valence-electron chi connectivity index (χ0n) is 14.7. The lowest BCUT2D eigenvalue weighted by atomic mass is 10.1. The number of carbonyl (C=O) groups is 1. The van der Waals surface area contributed by atoms with Crippen molar-refractivity contribution in [2.45, 2.75) is 19.8 Å². The van der Waals surface area contributed by atoms with Crippen molar-refractivity contribution in [2.75, 3.05) is 19.5 Å². The maximum atomic E-state index is 12.2. The highest BCUT2D eigenvalue weighted by molar-refractivity contribution is 9.10. The number of amides is 1. The van der Waals surface area contributed by atoms with Gasteiger partial charge >= 0.3 is 0 Å². The van der Waals surface area contributed by atoms with Gasteiger partial charge in [-0.3, -0.25) is 14.9 Å². The predicted octanol–water partition coefficient (Wildman–Crippen LogP) is 4.25. The molecule has 0 bridgehead atoms. The summed E-state index contributed by atoms with van der Waals surface area (Å²) in [5.41, 5.74) is 1.70. The molecular formula is C18H19BrN2O5. The number of anilines is 1. The van der Waals surface area contributed by atoms with Crippen LogP contribution in [0.1, 0.15) is 17.5 Å². The van der Waals surface area contributed by atoms with E-state index in [1.165, 1.54) is 12.1 Å². The Morgan fingerprint density at radius 3 is 2.46 bits per heavy atom. The van der Waals surface area contributed by atoms with Crippen molar-refractivity contribution in [3.63, 3.8) is 0 Å². The zero-order chi connectivity index (χ0) is 19.3. The van der Waals surface area contributed by atoms with E-state index < -0.39 is 4.92 Å². The van der Waals surface area contributed by atoms with Gasteiger partial charge in [0.15, 0.2) is 11.5 Å². The van der Waals surface area contributed by atoms with E-state index in [2.05, 4.69) is 21.2 Å². The fourth-order valence-corrected chi connectivity index (χ4v) is 2.97. The number of rotatable bonds is 7. The lowest BCUT2D eigenvalue weighted by Crippen LogP contribution is -2.13. The summed E-state index contributed by atoms with van der Waals surface area (Å²) in [4.78, 5) is 22.9. The van der Waals surface area contributed by atoms with Crippen molar-refractivity contribution in [1.82, 2.24) is 0 Å². The van der Waals surface area contributed by atoms with Crippen molar-refractivity contribution >= 4 is 33.2 Å². The SMILES string of the molecule is COc1cc(Br)c(CCC(=O)Nc2ccc(C)cc2[N+](=O)[O-])cc1OC. The second kappa shape index (κ2) is 8.66. The van der Waals surface area contributed by atoms with E-state index in [9.17, 15) is 14.9 Å². The lowest BCUT2D eigenvalue weighted by molar-refractivity contribution is -0.384. The van der Waals surface area contributed by atoms with E-state index in [1.54, 1.807) is 39.3 Å². The number of aryl methyl sites for hydroxylation is 2. The Labute approximate surface area is 159 Å². The number of nitrogens with zero attached hydrogens (tertiary/aromatic N) is 1. The summed E-state index contributed by atoms with van der Waals surface area (Å²) in [6, 6.07) is 8.26. The minimum absolute atomic E-state index is 0.120. The summed E-state index contributed by atoms with van der Waals surface area (Å²) >= 11 is 3.45. The summed E-state index contributed by atoms with van der Waals surface area (Å²) < 4.78 is 11.3. The van der Waals surface area contributed by atoms with Crippen LogP contribution in [-0.4, -0.2) is 25.1 Å². The molecule has 0 aliphatic heterocycles. The number of nitro groups is 1. The second-order valence-corrected chi connectivity index (χ2v) is 6.48. The monoisotopic (exact) mass is 422 g/mol.